The number of halogens is 1. The molecule has 1 unspecified atom stereocenters. The summed E-state index contributed by atoms with van der Waals surface area (Å²) in [7, 11) is 6.04. The Bertz CT molecular complexity index is 1280. The van der Waals surface area contributed by atoms with E-state index in [0.717, 1.165) is 0 Å². The summed E-state index contributed by atoms with van der Waals surface area (Å²) < 4.78 is 21.6. The zero-order valence-electron chi connectivity index (χ0n) is 19.8. The molecule has 1 heterocycles. The van der Waals surface area contributed by atoms with Crippen LogP contribution in [-0.2, 0) is 15.1 Å². The highest BCUT2D eigenvalue weighted by molar-refractivity contribution is 6.32. The second-order valence-corrected chi connectivity index (χ2v) is 8.21. The molecule has 1 aliphatic rings. The highest BCUT2D eigenvalue weighted by Crippen LogP contribution is 2.51. The van der Waals surface area contributed by atoms with Crippen LogP contribution in [0.5, 0.6) is 23.0 Å². The number of nitrogens with one attached hydrogen (secondary N) is 1. The van der Waals surface area contributed by atoms with Crippen LogP contribution >= 0.6 is 11.6 Å². The van der Waals surface area contributed by atoms with E-state index >= 15 is 0 Å². The van der Waals surface area contributed by atoms with Crippen molar-refractivity contribution in [2.75, 3.05) is 38.7 Å². The van der Waals surface area contributed by atoms with Gasteiger partial charge in [0.25, 0.3) is 5.91 Å². The zero-order valence-corrected chi connectivity index (χ0v) is 20.5. The van der Waals surface area contributed by atoms with Crippen molar-refractivity contribution in [2.45, 2.75) is 12.0 Å². The fourth-order valence-corrected chi connectivity index (χ4v) is 4.56. The Morgan fingerprint density at radius 2 is 1.51 bits per heavy atom. The van der Waals surface area contributed by atoms with Gasteiger partial charge in [-0.05, 0) is 30.3 Å². The molecule has 0 aromatic heterocycles. The summed E-state index contributed by atoms with van der Waals surface area (Å²) in [4.78, 5) is 28.6. The number of methoxy groups -OCH3 is 4. The zero-order chi connectivity index (χ0) is 25.2. The summed E-state index contributed by atoms with van der Waals surface area (Å²) in [5, 5.41) is 3.27. The van der Waals surface area contributed by atoms with Crippen molar-refractivity contribution in [1.29, 1.82) is 0 Å². The van der Waals surface area contributed by atoms with E-state index in [0.29, 0.717) is 45.0 Å². The second kappa shape index (κ2) is 9.76. The number of hydrogen-bond donors (Lipinski definition) is 1. The Hall–Kier alpha value is -3.91. The first kappa shape index (κ1) is 24.2. The summed E-state index contributed by atoms with van der Waals surface area (Å²) in [5.41, 5.74) is -0.204. The molecule has 9 heteroatoms. The monoisotopic (exact) mass is 496 g/mol. The molecule has 8 nitrogen and oxygen atoms in total. The molecule has 0 saturated carbocycles. The molecule has 1 fully saturated rings. The molecule has 1 saturated heterocycles. The van der Waals surface area contributed by atoms with Gasteiger partial charge in [-0.2, -0.15) is 0 Å². The van der Waals surface area contributed by atoms with E-state index in [2.05, 4.69) is 5.32 Å². The summed E-state index contributed by atoms with van der Waals surface area (Å²) in [6.07, 6.45) is -0.102. The van der Waals surface area contributed by atoms with Gasteiger partial charge in [0.15, 0.2) is 5.54 Å². The third-order valence-electron chi connectivity index (χ3n) is 6.02. The average molecular weight is 497 g/mol. The second-order valence-electron chi connectivity index (χ2n) is 7.80. The van der Waals surface area contributed by atoms with Crippen LogP contribution in [0.25, 0.3) is 0 Å². The van der Waals surface area contributed by atoms with Gasteiger partial charge in [0.1, 0.15) is 23.0 Å². The highest BCUT2D eigenvalue weighted by Gasteiger charge is 2.60. The van der Waals surface area contributed by atoms with E-state index in [1.54, 1.807) is 60.7 Å². The molecule has 35 heavy (non-hydrogen) atoms. The number of amides is 2. The number of anilines is 2. The summed E-state index contributed by atoms with van der Waals surface area (Å²) >= 11 is 6.59. The van der Waals surface area contributed by atoms with Gasteiger partial charge in [-0.15, -0.1) is 0 Å². The van der Waals surface area contributed by atoms with Crippen LogP contribution < -0.4 is 29.2 Å². The normalized spacial score (nSPS) is 16.8. The van der Waals surface area contributed by atoms with Gasteiger partial charge in [-0.1, -0.05) is 29.8 Å². The Morgan fingerprint density at radius 1 is 0.886 bits per heavy atom. The van der Waals surface area contributed by atoms with Gasteiger partial charge < -0.3 is 24.3 Å². The van der Waals surface area contributed by atoms with Crippen LogP contribution in [0.1, 0.15) is 12.0 Å². The fraction of sp³-hybridized carbons (Fsp3) is 0.231. The fourth-order valence-electron chi connectivity index (χ4n) is 4.26. The van der Waals surface area contributed by atoms with Crippen LogP contribution in [0, 0.1) is 0 Å². The van der Waals surface area contributed by atoms with E-state index in [1.165, 1.54) is 33.3 Å². The summed E-state index contributed by atoms with van der Waals surface area (Å²) in [5.74, 6) is 1.13. The lowest BCUT2D eigenvalue weighted by atomic mass is 9.75. The quantitative estimate of drug-likeness (QED) is 0.457. The summed E-state index contributed by atoms with van der Waals surface area (Å²) in [6.45, 7) is 0. The van der Waals surface area contributed by atoms with Gasteiger partial charge in [-0.3, -0.25) is 14.5 Å². The first-order valence-corrected chi connectivity index (χ1v) is 11.1. The lowest BCUT2D eigenvalue weighted by Crippen LogP contribution is -2.67. The standard InChI is InChI=1S/C26H25ClN2O6/c1-32-16-9-11-22(34-3)20(13-16)28-25(31)26(18-7-5-6-8-19(18)27)15-24(30)29(26)21-14-17(33-2)10-12-23(21)35-4/h5-14H,15H2,1-4H3,(H,28,31). The van der Waals surface area contributed by atoms with Crippen LogP contribution in [0.15, 0.2) is 60.7 Å². The van der Waals surface area contributed by atoms with Crippen LogP contribution in [0.2, 0.25) is 5.02 Å². The van der Waals surface area contributed by atoms with Crippen molar-refractivity contribution < 1.29 is 28.5 Å². The molecule has 4 rings (SSSR count). The molecular weight excluding hydrogens is 472 g/mol. The van der Waals surface area contributed by atoms with E-state index < -0.39 is 11.4 Å². The first-order valence-electron chi connectivity index (χ1n) is 10.7. The van der Waals surface area contributed by atoms with E-state index in [4.69, 9.17) is 30.5 Å². The van der Waals surface area contributed by atoms with Crippen molar-refractivity contribution in [3.63, 3.8) is 0 Å². The van der Waals surface area contributed by atoms with Crippen molar-refractivity contribution in [3.8, 4) is 23.0 Å². The molecule has 3 aromatic rings. The summed E-state index contributed by atoms with van der Waals surface area (Å²) in [6, 6.07) is 17.0. The van der Waals surface area contributed by atoms with Crippen LogP contribution in [-0.4, -0.2) is 40.3 Å². The maximum Gasteiger partial charge on any atom is 0.256 e. The molecule has 0 radical (unpaired) electrons. The smallest absolute Gasteiger partial charge is 0.256 e. The average Bonchev–Trinajstić information content (AvgIpc) is 2.87. The van der Waals surface area contributed by atoms with Gasteiger partial charge in [-0.25, -0.2) is 0 Å². The Balaban J connectivity index is 1.89. The van der Waals surface area contributed by atoms with Gasteiger partial charge in [0, 0.05) is 22.7 Å². The predicted octanol–water partition coefficient (Wildman–Crippen LogP) is 4.65. The Morgan fingerprint density at radius 3 is 2.11 bits per heavy atom. The number of benzene rings is 3. The highest BCUT2D eigenvalue weighted by atomic mass is 35.5. The molecule has 1 atom stereocenters. The van der Waals surface area contributed by atoms with Crippen molar-refractivity contribution in [3.05, 3.63) is 71.2 Å². The maximum atomic E-state index is 14.1. The van der Waals surface area contributed by atoms with Crippen LogP contribution in [0.3, 0.4) is 0 Å². The topological polar surface area (TPSA) is 86.3 Å². The lowest BCUT2D eigenvalue weighted by molar-refractivity contribution is -0.137. The third-order valence-corrected chi connectivity index (χ3v) is 6.34. The van der Waals surface area contributed by atoms with E-state index in [9.17, 15) is 9.59 Å². The molecule has 1 N–H and O–H groups in total. The predicted molar refractivity (Wildman–Crippen MR) is 133 cm³/mol. The van der Waals surface area contributed by atoms with E-state index in [1.807, 2.05) is 0 Å². The molecular formula is C26H25ClN2O6. The number of rotatable bonds is 8. The minimum absolute atomic E-state index is 0.102. The molecule has 0 bridgehead atoms. The molecule has 2 amide bonds. The Kier molecular flexibility index (Phi) is 6.75. The minimum Gasteiger partial charge on any atom is -0.497 e. The largest absolute Gasteiger partial charge is 0.497 e. The lowest BCUT2D eigenvalue weighted by Gasteiger charge is -2.51. The molecule has 182 valence electrons. The number of nitrogens with zero attached hydrogens (tertiary/aromatic N) is 1. The number of carbonyl (C=O) groups is 2. The molecule has 0 aliphatic carbocycles. The number of β-lactam (4-membered cyclic amide) rings is 1. The Labute approximate surface area is 208 Å². The van der Waals surface area contributed by atoms with Gasteiger partial charge in [0.2, 0.25) is 5.91 Å². The van der Waals surface area contributed by atoms with Gasteiger partial charge in [0.05, 0.1) is 46.2 Å². The van der Waals surface area contributed by atoms with Gasteiger partial charge >= 0.3 is 0 Å². The molecule has 1 aliphatic heterocycles. The van der Waals surface area contributed by atoms with Crippen molar-refractivity contribution in [2.24, 2.45) is 0 Å². The third kappa shape index (κ3) is 4.10. The molecule has 3 aromatic carbocycles. The minimum atomic E-state index is -1.46. The van der Waals surface area contributed by atoms with E-state index in [-0.39, 0.29) is 12.3 Å². The first-order chi connectivity index (χ1) is 16.9. The number of hydrogen-bond acceptors (Lipinski definition) is 6. The SMILES string of the molecule is COc1ccc(OC)c(NC(=O)C2(c3ccccc3Cl)CC(=O)N2c2cc(OC)ccc2OC)c1. The molecule has 0 spiro atoms. The van der Waals surface area contributed by atoms with Crippen molar-refractivity contribution in [1.82, 2.24) is 0 Å². The van der Waals surface area contributed by atoms with Crippen molar-refractivity contribution >= 4 is 34.8 Å². The number of ether oxygens (including phenoxy) is 4. The maximum absolute atomic E-state index is 14.1. The van der Waals surface area contributed by atoms with Crippen LogP contribution in [0.4, 0.5) is 11.4 Å². The number of carbonyl (C=O) groups excluding carboxylic acids is 2.